The number of carbonyl (C=O) groups is 1. The van der Waals surface area contributed by atoms with Gasteiger partial charge < -0.3 is 9.73 Å². The lowest BCUT2D eigenvalue weighted by Crippen LogP contribution is -2.16. The molecule has 140 valence electrons. The van der Waals surface area contributed by atoms with Crippen molar-refractivity contribution in [3.63, 3.8) is 0 Å². The zero-order chi connectivity index (χ0) is 19.9. The van der Waals surface area contributed by atoms with Crippen LogP contribution in [0, 0.1) is 13.8 Å². The highest BCUT2D eigenvalue weighted by Gasteiger charge is 2.33. The van der Waals surface area contributed by atoms with E-state index >= 15 is 0 Å². The van der Waals surface area contributed by atoms with Crippen molar-refractivity contribution in [3.8, 4) is 0 Å². The first-order valence-corrected chi connectivity index (χ1v) is 8.17. The molecule has 0 saturated carbocycles. The molecule has 3 aromatic rings. The lowest BCUT2D eigenvalue weighted by Gasteiger charge is -2.12. The summed E-state index contributed by atoms with van der Waals surface area (Å²) in [4.78, 5) is 24.7. The fourth-order valence-corrected chi connectivity index (χ4v) is 3.01. The third kappa shape index (κ3) is 3.83. The number of anilines is 1. The van der Waals surface area contributed by atoms with Gasteiger partial charge in [0.05, 0.1) is 16.0 Å². The zero-order valence-electron chi connectivity index (χ0n) is 14.2. The lowest BCUT2D eigenvalue weighted by molar-refractivity contribution is -0.137. The Balaban J connectivity index is 1.99. The van der Waals surface area contributed by atoms with E-state index in [-0.39, 0.29) is 17.0 Å². The number of halogens is 4. The first-order valence-electron chi connectivity index (χ1n) is 7.79. The molecular weight excluding hydrogens is 383 g/mol. The molecule has 1 aromatic heterocycles. The molecule has 2 aromatic carbocycles. The van der Waals surface area contributed by atoms with Gasteiger partial charge in [0.1, 0.15) is 5.58 Å². The van der Waals surface area contributed by atoms with Crippen molar-refractivity contribution in [3.05, 3.63) is 74.1 Å². The van der Waals surface area contributed by atoms with Crippen LogP contribution in [0.1, 0.15) is 27.2 Å². The molecule has 0 aliphatic carbocycles. The Hall–Kier alpha value is -2.80. The van der Waals surface area contributed by atoms with E-state index in [2.05, 4.69) is 5.32 Å². The maximum absolute atomic E-state index is 12.9. The molecule has 0 spiro atoms. The highest BCUT2D eigenvalue weighted by atomic mass is 35.5. The Kier molecular flexibility index (Phi) is 4.73. The average molecular weight is 396 g/mol. The van der Waals surface area contributed by atoms with Gasteiger partial charge in [-0.05, 0) is 49.2 Å². The van der Waals surface area contributed by atoms with Gasteiger partial charge in [-0.3, -0.25) is 9.59 Å². The molecule has 0 bridgehead atoms. The van der Waals surface area contributed by atoms with Crippen molar-refractivity contribution >= 4 is 34.2 Å². The van der Waals surface area contributed by atoms with E-state index in [1.165, 1.54) is 6.07 Å². The molecule has 1 N–H and O–H groups in total. The van der Waals surface area contributed by atoms with Crippen molar-refractivity contribution in [2.75, 3.05) is 5.32 Å². The van der Waals surface area contributed by atoms with E-state index < -0.39 is 28.1 Å². The molecule has 0 saturated heterocycles. The molecule has 4 nitrogen and oxygen atoms in total. The third-order valence-corrected chi connectivity index (χ3v) is 4.26. The lowest BCUT2D eigenvalue weighted by atomic mass is 10.1. The van der Waals surface area contributed by atoms with Crippen LogP contribution in [-0.2, 0) is 6.18 Å². The standard InChI is InChI=1S/C19H13ClF3NO3/c1-9-5-10(2)17-14(25)8-16(27-15(17)6-9)18(26)24-11-3-4-13(20)12(7-11)19(21,22)23/h3-8H,1-2H3,(H,24,26). The molecular formula is C19H13ClF3NO3. The summed E-state index contributed by atoms with van der Waals surface area (Å²) in [6, 6.07) is 7.41. The first-order chi connectivity index (χ1) is 12.6. The summed E-state index contributed by atoms with van der Waals surface area (Å²) in [5.74, 6) is -1.15. The topological polar surface area (TPSA) is 59.3 Å². The molecule has 1 amide bonds. The summed E-state index contributed by atoms with van der Waals surface area (Å²) in [7, 11) is 0. The molecule has 0 atom stereocenters. The number of hydrogen-bond acceptors (Lipinski definition) is 3. The van der Waals surface area contributed by atoms with Crippen LogP contribution in [0.2, 0.25) is 5.02 Å². The number of rotatable bonds is 2. The first kappa shape index (κ1) is 19.0. The van der Waals surface area contributed by atoms with Crippen LogP contribution in [0.15, 0.2) is 45.6 Å². The maximum Gasteiger partial charge on any atom is 0.417 e. The quantitative estimate of drug-likeness (QED) is 0.637. The minimum Gasteiger partial charge on any atom is -0.451 e. The van der Waals surface area contributed by atoms with Crippen LogP contribution in [0.5, 0.6) is 0 Å². The number of aryl methyl sites for hydroxylation is 2. The summed E-state index contributed by atoms with van der Waals surface area (Å²) >= 11 is 5.56. The van der Waals surface area contributed by atoms with Gasteiger partial charge in [-0.1, -0.05) is 17.7 Å². The predicted octanol–water partition coefficient (Wildman–Crippen LogP) is 5.33. The third-order valence-electron chi connectivity index (χ3n) is 3.93. The van der Waals surface area contributed by atoms with Crippen LogP contribution in [0.3, 0.4) is 0 Å². The minimum absolute atomic E-state index is 0.125. The Labute approximate surface area is 156 Å². The summed E-state index contributed by atoms with van der Waals surface area (Å²) in [5.41, 5.74) is 0.169. The van der Waals surface area contributed by atoms with E-state index in [0.717, 1.165) is 17.7 Å². The van der Waals surface area contributed by atoms with Crippen molar-refractivity contribution in [2.45, 2.75) is 20.0 Å². The fourth-order valence-electron chi connectivity index (χ4n) is 2.79. The highest BCUT2D eigenvalue weighted by Crippen LogP contribution is 2.36. The van der Waals surface area contributed by atoms with Gasteiger partial charge in [-0.15, -0.1) is 0 Å². The maximum atomic E-state index is 12.9. The van der Waals surface area contributed by atoms with E-state index in [9.17, 15) is 22.8 Å². The van der Waals surface area contributed by atoms with Gasteiger partial charge in [0.15, 0.2) is 11.2 Å². The van der Waals surface area contributed by atoms with Crippen LogP contribution in [0.25, 0.3) is 11.0 Å². The van der Waals surface area contributed by atoms with Crippen molar-refractivity contribution in [1.82, 2.24) is 0 Å². The molecule has 0 aliphatic rings. The normalized spacial score (nSPS) is 11.6. The van der Waals surface area contributed by atoms with E-state index in [4.69, 9.17) is 16.0 Å². The van der Waals surface area contributed by atoms with Crippen LogP contribution < -0.4 is 10.7 Å². The number of amides is 1. The van der Waals surface area contributed by atoms with Crippen molar-refractivity contribution < 1.29 is 22.4 Å². The van der Waals surface area contributed by atoms with Crippen molar-refractivity contribution in [1.29, 1.82) is 0 Å². The predicted molar refractivity (Wildman–Crippen MR) is 96.4 cm³/mol. The Morgan fingerprint density at radius 1 is 1.11 bits per heavy atom. The van der Waals surface area contributed by atoms with Gasteiger partial charge in [0.25, 0.3) is 5.91 Å². The molecule has 0 aliphatic heterocycles. The number of benzene rings is 2. The van der Waals surface area contributed by atoms with Gasteiger partial charge in [-0.2, -0.15) is 13.2 Å². The SMILES string of the molecule is Cc1cc(C)c2c(=O)cc(C(=O)Nc3ccc(Cl)c(C(F)(F)F)c3)oc2c1. The molecule has 0 radical (unpaired) electrons. The van der Waals surface area contributed by atoms with E-state index in [1.54, 1.807) is 13.0 Å². The monoisotopic (exact) mass is 395 g/mol. The Bertz CT molecular complexity index is 1120. The molecule has 8 heteroatoms. The van der Waals surface area contributed by atoms with Crippen LogP contribution in [0.4, 0.5) is 18.9 Å². The van der Waals surface area contributed by atoms with Crippen LogP contribution >= 0.6 is 11.6 Å². The summed E-state index contributed by atoms with van der Waals surface area (Å²) < 4.78 is 44.3. The Morgan fingerprint density at radius 3 is 2.48 bits per heavy atom. The summed E-state index contributed by atoms with van der Waals surface area (Å²) in [5, 5.41) is 2.16. The molecule has 0 fully saturated rings. The largest absolute Gasteiger partial charge is 0.451 e. The van der Waals surface area contributed by atoms with Crippen molar-refractivity contribution in [2.24, 2.45) is 0 Å². The minimum atomic E-state index is -4.66. The second-order valence-electron chi connectivity index (χ2n) is 6.08. The van der Waals surface area contributed by atoms with Gasteiger partial charge in [0.2, 0.25) is 0 Å². The Morgan fingerprint density at radius 2 is 1.81 bits per heavy atom. The number of nitrogens with one attached hydrogen (secondary N) is 1. The molecule has 3 rings (SSSR count). The molecule has 0 unspecified atom stereocenters. The second-order valence-corrected chi connectivity index (χ2v) is 6.48. The van der Waals surface area contributed by atoms with E-state index in [1.807, 2.05) is 13.0 Å². The average Bonchev–Trinajstić information content (AvgIpc) is 2.54. The second kappa shape index (κ2) is 6.74. The smallest absolute Gasteiger partial charge is 0.417 e. The van der Waals surface area contributed by atoms with Gasteiger partial charge in [-0.25, -0.2) is 0 Å². The number of fused-ring (bicyclic) bond motifs is 1. The van der Waals surface area contributed by atoms with Crippen LogP contribution in [-0.4, -0.2) is 5.91 Å². The highest BCUT2D eigenvalue weighted by molar-refractivity contribution is 6.31. The fraction of sp³-hybridized carbons (Fsp3) is 0.158. The number of carbonyl (C=O) groups excluding carboxylic acids is 1. The summed E-state index contributed by atoms with van der Waals surface area (Å²) in [6.07, 6.45) is -4.66. The number of hydrogen-bond donors (Lipinski definition) is 1. The van der Waals surface area contributed by atoms with Gasteiger partial charge >= 0.3 is 6.18 Å². The molecule has 27 heavy (non-hydrogen) atoms. The number of alkyl halides is 3. The summed E-state index contributed by atoms with van der Waals surface area (Å²) in [6.45, 7) is 3.56. The molecule has 1 heterocycles. The zero-order valence-corrected chi connectivity index (χ0v) is 15.0. The van der Waals surface area contributed by atoms with Gasteiger partial charge in [0, 0.05) is 11.8 Å². The van der Waals surface area contributed by atoms with E-state index in [0.29, 0.717) is 17.0 Å².